The molecule has 2 aromatic rings. The Morgan fingerprint density at radius 2 is 1.97 bits per heavy atom. The Labute approximate surface area is 179 Å². The molecule has 0 saturated heterocycles. The van der Waals surface area contributed by atoms with Gasteiger partial charge in [-0.2, -0.15) is 0 Å². The Kier molecular flexibility index (Phi) is 6.81. The first-order chi connectivity index (χ1) is 14.7. The fourth-order valence-corrected chi connectivity index (χ4v) is 3.76. The van der Waals surface area contributed by atoms with Crippen LogP contribution in [0.3, 0.4) is 0 Å². The standard InChI is InChI=1S/C19H24N4O7S/c1-12(19(25)22-14-4-5-15-16(10-14)29-9-8-28-15)30-18(24)6-7-20-31(26,27)17-11-23(3)13(2)21-17/h4-5,10-12,20H,6-9H2,1-3H3,(H,22,25). The summed E-state index contributed by atoms with van der Waals surface area (Å²) in [6.45, 7) is 3.79. The normalized spacial score (nSPS) is 14.0. The van der Waals surface area contributed by atoms with E-state index in [1.54, 1.807) is 36.7 Å². The summed E-state index contributed by atoms with van der Waals surface area (Å²) in [7, 11) is -2.17. The molecule has 0 fully saturated rings. The van der Waals surface area contributed by atoms with E-state index in [0.717, 1.165) is 0 Å². The molecule has 1 aromatic heterocycles. The van der Waals surface area contributed by atoms with Gasteiger partial charge in [0.15, 0.2) is 22.6 Å². The molecule has 31 heavy (non-hydrogen) atoms. The molecule has 1 aromatic carbocycles. The van der Waals surface area contributed by atoms with Gasteiger partial charge in [-0.1, -0.05) is 0 Å². The topological polar surface area (TPSA) is 138 Å². The molecule has 0 saturated carbocycles. The van der Waals surface area contributed by atoms with E-state index in [2.05, 4.69) is 15.0 Å². The van der Waals surface area contributed by atoms with E-state index in [1.807, 2.05) is 0 Å². The SMILES string of the molecule is Cc1nc(S(=O)(=O)NCCC(=O)OC(C)C(=O)Nc2ccc3c(c2)OCCO3)cn1C. The Hall–Kier alpha value is -3.12. The number of carbonyl (C=O) groups excluding carboxylic acids is 2. The third-order valence-electron chi connectivity index (χ3n) is 4.47. The van der Waals surface area contributed by atoms with E-state index < -0.39 is 28.0 Å². The van der Waals surface area contributed by atoms with Crippen molar-refractivity contribution in [2.75, 3.05) is 25.1 Å². The molecule has 1 aliphatic heterocycles. The van der Waals surface area contributed by atoms with Crippen LogP contribution in [0.2, 0.25) is 0 Å². The van der Waals surface area contributed by atoms with Gasteiger partial charge >= 0.3 is 5.97 Å². The number of nitrogens with one attached hydrogen (secondary N) is 2. The summed E-state index contributed by atoms with van der Waals surface area (Å²) in [5.41, 5.74) is 0.468. The quantitative estimate of drug-likeness (QED) is 0.560. The molecule has 3 rings (SSSR count). The molecule has 0 spiro atoms. The van der Waals surface area contributed by atoms with Crippen molar-refractivity contribution in [3.8, 4) is 11.5 Å². The molecule has 11 nitrogen and oxygen atoms in total. The van der Waals surface area contributed by atoms with E-state index in [0.29, 0.717) is 36.2 Å². The third kappa shape index (κ3) is 5.73. The van der Waals surface area contributed by atoms with Crippen LogP contribution in [-0.2, 0) is 31.4 Å². The number of aromatic nitrogens is 2. The average molecular weight is 452 g/mol. The van der Waals surface area contributed by atoms with E-state index in [1.165, 1.54) is 13.1 Å². The zero-order chi connectivity index (χ0) is 22.6. The maximum Gasteiger partial charge on any atom is 0.307 e. The summed E-state index contributed by atoms with van der Waals surface area (Å²) in [5, 5.41) is 2.50. The highest BCUT2D eigenvalue weighted by Crippen LogP contribution is 2.32. The number of amides is 1. The minimum Gasteiger partial charge on any atom is -0.486 e. The highest BCUT2D eigenvalue weighted by molar-refractivity contribution is 7.89. The molecule has 168 valence electrons. The Morgan fingerprint density at radius 3 is 2.65 bits per heavy atom. The van der Waals surface area contributed by atoms with Gasteiger partial charge < -0.3 is 24.1 Å². The number of hydrogen-bond donors (Lipinski definition) is 2. The van der Waals surface area contributed by atoms with Crippen LogP contribution in [0.1, 0.15) is 19.2 Å². The Bertz CT molecular complexity index is 1060. The number of ether oxygens (including phenoxy) is 3. The zero-order valence-electron chi connectivity index (χ0n) is 17.4. The fraction of sp³-hybridized carbons (Fsp3) is 0.421. The third-order valence-corrected chi connectivity index (χ3v) is 5.80. The minimum atomic E-state index is -3.84. The molecule has 2 N–H and O–H groups in total. The zero-order valence-corrected chi connectivity index (χ0v) is 18.2. The molecule has 1 atom stereocenters. The van der Waals surface area contributed by atoms with Crippen molar-refractivity contribution < 1.29 is 32.2 Å². The van der Waals surface area contributed by atoms with E-state index >= 15 is 0 Å². The van der Waals surface area contributed by atoms with Crippen molar-refractivity contribution in [2.24, 2.45) is 7.05 Å². The van der Waals surface area contributed by atoms with E-state index in [9.17, 15) is 18.0 Å². The number of carbonyl (C=O) groups is 2. The lowest BCUT2D eigenvalue weighted by Gasteiger charge is -2.19. The predicted octanol–water partition coefficient (Wildman–Crippen LogP) is 0.739. The first-order valence-electron chi connectivity index (χ1n) is 9.55. The summed E-state index contributed by atoms with van der Waals surface area (Å²) >= 11 is 0. The van der Waals surface area contributed by atoms with Crippen molar-refractivity contribution >= 4 is 27.6 Å². The van der Waals surface area contributed by atoms with Gasteiger partial charge in [0, 0.05) is 31.5 Å². The molecular formula is C19H24N4O7S. The Morgan fingerprint density at radius 1 is 1.26 bits per heavy atom. The number of nitrogens with zero attached hydrogens (tertiary/aromatic N) is 2. The van der Waals surface area contributed by atoms with Gasteiger partial charge in [0.2, 0.25) is 0 Å². The number of fused-ring (bicyclic) bond motifs is 1. The van der Waals surface area contributed by atoms with Gasteiger partial charge in [-0.05, 0) is 26.0 Å². The van der Waals surface area contributed by atoms with Crippen LogP contribution in [0, 0.1) is 6.92 Å². The molecule has 1 amide bonds. The van der Waals surface area contributed by atoms with Crippen LogP contribution in [0.4, 0.5) is 5.69 Å². The molecule has 1 unspecified atom stereocenters. The van der Waals surface area contributed by atoms with Crippen molar-refractivity contribution in [2.45, 2.75) is 31.4 Å². The number of sulfonamides is 1. The number of esters is 1. The first-order valence-corrected chi connectivity index (χ1v) is 11.0. The van der Waals surface area contributed by atoms with Crippen LogP contribution < -0.4 is 19.5 Å². The predicted molar refractivity (Wildman–Crippen MR) is 109 cm³/mol. The molecule has 2 heterocycles. The van der Waals surface area contributed by atoms with Gasteiger partial charge in [-0.3, -0.25) is 9.59 Å². The number of benzene rings is 1. The smallest absolute Gasteiger partial charge is 0.307 e. The summed E-state index contributed by atoms with van der Waals surface area (Å²) in [4.78, 5) is 28.2. The fourth-order valence-electron chi connectivity index (χ4n) is 2.69. The van der Waals surface area contributed by atoms with Crippen LogP contribution in [-0.4, -0.2) is 55.7 Å². The summed E-state index contributed by atoms with van der Waals surface area (Å²) in [5.74, 6) is 0.396. The Balaban J connectivity index is 1.46. The second kappa shape index (κ2) is 9.35. The lowest BCUT2D eigenvalue weighted by Crippen LogP contribution is -2.32. The molecule has 0 bridgehead atoms. The average Bonchev–Trinajstić information content (AvgIpc) is 3.07. The summed E-state index contributed by atoms with van der Waals surface area (Å²) in [6.07, 6.45) is 0.0585. The maximum absolute atomic E-state index is 12.3. The lowest BCUT2D eigenvalue weighted by molar-refractivity contribution is -0.152. The number of rotatable bonds is 8. The van der Waals surface area contributed by atoms with Crippen LogP contribution in [0.25, 0.3) is 0 Å². The van der Waals surface area contributed by atoms with Crippen molar-refractivity contribution in [1.82, 2.24) is 14.3 Å². The minimum absolute atomic E-state index is 0.131. The monoisotopic (exact) mass is 452 g/mol. The van der Waals surface area contributed by atoms with Gasteiger partial charge in [0.1, 0.15) is 19.0 Å². The second-order valence-electron chi connectivity index (χ2n) is 6.86. The van der Waals surface area contributed by atoms with Crippen molar-refractivity contribution in [3.05, 3.63) is 30.2 Å². The number of anilines is 1. The number of hydrogen-bond acceptors (Lipinski definition) is 8. The molecular weight excluding hydrogens is 428 g/mol. The molecule has 12 heteroatoms. The first kappa shape index (κ1) is 22.6. The molecule has 0 aliphatic carbocycles. The highest BCUT2D eigenvalue weighted by atomic mass is 32.2. The maximum atomic E-state index is 12.3. The van der Waals surface area contributed by atoms with Gasteiger partial charge in [0.05, 0.1) is 6.42 Å². The summed E-state index contributed by atoms with van der Waals surface area (Å²) in [6, 6.07) is 4.94. The second-order valence-corrected chi connectivity index (χ2v) is 8.58. The van der Waals surface area contributed by atoms with Crippen LogP contribution in [0.5, 0.6) is 11.5 Å². The van der Waals surface area contributed by atoms with Gasteiger partial charge in [-0.25, -0.2) is 18.1 Å². The van der Waals surface area contributed by atoms with Crippen LogP contribution >= 0.6 is 0 Å². The largest absolute Gasteiger partial charge is 0.486 e. The molecule has 1 aliphatic rings. The summed E-state index contributed by atoms with van der Waals surface area (Å²) < 4.78 is 44.2. The number of imidazole rings is 1. The number of aryl methyl sites for hydroxylation is 2. The van der Waals surface area contributed by atoms with Crippen LogP contribution in [0.15, 0.2) is 29.4 Å². The van der Waals surface area contributed by atoms with Gasteiger partial charge in [-0.15, -0.1) is 0 Å². The highest BCUT2D eigenvalue weighted by Gasteiger charge is 2.21. The lowest BCUT2D eigenvalue weighted by atomic mass is 10.2. The van der Waals surface area contributed by atoms with Crippen molar-refractivity contribution in [3.63, 3.8) is 0 Å². The van der Waals surface area contributed by atoms with E-state index in [-0.39, 0.29) is 18.0 Å². The molecule has 0 radical (unpaired) electrons. The van der Waals surface area contributed by atoms with Gasteiger partial charge in [0.25, 0.3) is 15.9 Å². The van der Waals surface area contributed by atoms with E-state index in [4.69, 9.17) is 14.2 Å². The van der Waals surface area contributed by atoms with Crippen molar-refractivity contribution in [1.29, 1.82) is 0 Å².